The van der Waals surface area contributed by atoms with Gasteiger partial charge in [-0.05, 0) is 38.5 Å². The molecule has 0 bridgehead atoms. The summed E-state index contributed by atoms with van der Waals surface area (Å²) in [6.45, 7) is 7.36. The normalized spacial score (nSPS) is 15.7. The van der Waals surface area contributed by atoms with Crippen LogP contribution >= 0.6 is 0 Å². The molecule has 0 radical (unpaired) electrons. The predicted octanol–water partition coefficient (Wildman–Crippen LogP) is 2.52. The van der Waals surface area contributed by atoms with Gasteiger partial charge in [-0.15, -0.1) is 0 Å². The molecule has 0 fully saturated rings. The topological polar surface area (TPSA) is 91.3 Å². The van der Waals surface area contributed by atoms with Crippen LogP contribution in [0.4, 0.5) is 10.5 Å². The molecule has 1 unspecified atom stereocenters. The lowest BCUT2D eigenvalue weighted by molar-refractivity contribution is 0.0943. The van der Waals surface area contributed by atoms with Gasteiger partial charge in [0, 0.05) is 62.6 Å². The molecule has 3 N–H and O–H groups in total. The molecule has 29 heavy (non-hydrogen) atoms. The van der Waals surface area contributed by atoms with Gasteiger partial charge < -0.3 is 20.9 Å². The lowest BCUT2D eigenvalue weighted by Crippen LogP contribution is -2.34. The van der Waals surface area contributed by atoms with E-state index in [4.69, 9.17) is 0 Å². The molecule has 0 saturated carbocycles. The Balaban J connectivity index is 1.67. The number of hydrogen-bond donors (Lipinski definition) is 3. The van der Waals surface area contributed by atoms with Crippen molar-refractivity contribution in [3.63, 3.8) is 0 Å². The predicted molar refractivity (Wildman–Crippen MR) is 113 cm³/mol. The van der Waals surface area contributed by atoms with Gasteiger partial charge in [-0.25, -0.2) is 4.79 Å². The van der Waals surface area contributed by atoms with Crippen molar-refractivity contribution in [3.05, 3.63) is 46.8 Å². The van der Waals surface area contributed by atoms with Crippen LogP contribution in [0.5, 0.6) is 0 Å². The third-order valence-electron chi connectivity index (χ3n) is 5.01. The lowest BCUT2D eigenvalue weighted by Gasteiger charge is -2.22. The highest BCUT2D eigenvalue weighted by molar-refractivity contribution is 5.94. The second kappa shape index (κ2) is 8.65. The van der Waals surface area contributed by atoms with Crippen molar-refractivity contribution in [1.29, 1.82) is 0 Å². The first kappa shape index (κ1) is 20.9. The van der Waals surface area contributed by atoms with Gasteiger partial charge in [0.15, 0.2) is 5.69 Å². The van der Waals surface area contributed by atoms with Crippen LogP contribution < -0.4 is 16.0 Å². The van der Waals surface area contributed by atoms with Crippen LogP contribution in [0, 0.1) is 0 Å². The molecule has 8 nitrogen and oxygen atoms in total. The Labute approximate surface area is 171 Å². The lowest BCUT2D eigenvalue weighted by atomic mass is 10.0. The first-order chi connectivity index (χ1) is 13.8. The highest BCUT2D eigenvalue weighted by Crippen LogP contribution is 2.23. The van der Waals surface area contributed by atoms with Gasteiger partial charge in [-0.2, -0.15) is 5.10 Å². The Hall–Kier alpha value is -2.87. The van der Waals surface area contributed by atoms with Gasteiger partial charge in [0.2, 0.25) is 0 Å². The zero-order valence-corrected chi connectivity index (χ0v) is 17.7. The number of rotatable bonds is 5. The summed E-state index contributed by atoms with van der Waals surface area (Å²) in [5.41, 5.74) is 4.31. The van der Waals surface area contributed by atoms with Crippen LogP contribution in [0.2, 0.25) is 0 Å². The van der Waals surface area contributed by atoms with Gasteiger partial charge in [0.25, 0.3) is 5.91 Å². The minimum atomic E-state index is -0.181. The molecule has 3 amide bonds. The highest BCUT2D eigenvalue weighted by atomic mass is 16.2. The molecule has 3 rings (SSSR count). The van der Waals surface area contributed by atoms with Crippen molar-refractivity contribution in [2.24, 2.45) is 0 Å². The summed E-state index contributed by atoms with van der Waals surface area (Å²) in [5, 5.41) is 13.8. The van der Waals surface area contributed by atoms with E-state index in [0.29, 0.717) is 30.5 Å². The molecule has 1 atom stereocenters. The van der Waals surface area contributed by atoms with Crippen LogP contribution in [0.1, 0.15) is 54.1 Å². The molecular formula is C21H30N6O2. The molecule has 0 aliphatic carbocycles. The number of anilines is 1. The first-order valence-corrected chi connectivity index (χ1v) is 9.95. The minimum absolute atomic E-state index is 0.165. The Morgan fingerprint density at radius 1 is 1.28 bits per heavy atom. The monoisotopic (exact) mass is 398 g/mol. The number of carbonyl (C=O) groups excluding carboxylic acids is 2. The Kier molecular flexibility index (Phi) is 6.22. The third-order valence-corrected chi connectivity index (χ3v) is 5.01. The van der Waals surface area contributed by atoms with Crippen molar-refractivity contribution in [2.45, 2.75) is 52.4 Å². The average Bonchev–Trinajstić information content (AvgIpc) is 3.06. The van der Waals surface area contributed by atoms with E-state index in [0.717, 1.165) is 23.2 Å². The molecule has 8 heteroatoms. The number of benzene rings is 1. The molecule has 2 aromatic rings. The molecule has 1 aliphatic rings. The summed E-state index contributed by atoms with van der Waals surface area (Å²) in [6, 6.07) is 7.82. The average molecular weight is 399 g/mol. The van der Waals surface area contributed by atoms with E-state index in [1.807, 2.05) is 28.9 Å². The molecular weight excluding hydrogens is 368 g/mol. The van der Waals surface area contributed by atoms with Gasteiger partial charge in [-0.3, -0.25) is 9.48 Å². The molecule has 0 saturated heterocycles. The number of amides is 3. The molecule has 156 valence electrons. The third kappa shape index (κ3) is 4.76. The molecule has 2 heterocycles. The minimum Gasteiger partial charge on any atom is -0.347 e. The van der Waals surface area contributed by atoms with Gasteiger partial charge in [0.1, 0.15) is 0 Å². The maximum absolute atomic E-state index is 12.8. The smallest absolute Gasteiger partial charge is 0.321 e. The standard InChI is InChI=1S/C21H30N6O2/c1-13(2)27-18-10-14(3)22-12-17(18)19(25-27)20(28)23-11-15-6-8-16(9-7-15)24-21(29)26(4)5/h6-9,13-14,22H,10-12H2,1-5H3,(H,23,28)(H,24,29). The van der Waals surface area contributed by atoms with Gasteiger partial charge in [-0.1, -0.05) is 12.1 Å². The van der Waals surface area contributed by atoms with E-state index in [1.165, 1.54) is 4.90 Å². The van der Waals surface area contributed by atoms with Crippen LogP contribution in [-0.4, -0.2) is 46.8 Å². The van der Waals surface area contributed by atoms with Gasteiger partial charge >= 0.3 is 6.03 Å². The fraction of sp³-hybridized carbons (Fsp3) is 0.476. The first-order valence-electron chi connectivity index (χ1n) is 9.95. The molecule has 1 aromatic carbocycles. The summed E-state index contributed by atoms with van der Waals surface area (Å²) >= 11 is 0. The molecule has 1 aliphatic heterocycles. The van der Waals surface area contributed by atoms with E-state index in [2.05, 4.69) is 41.8 Å². The summed E-state index contributed by atoms with van der Waals surface area (Å²) < 4.78 is 1.98. The van der Waals surface area contributed by atoms with Crippen LogP contribution in [0.25, 0.3) is 0 Å². The van der Waals surface area contributed by atoms with E-state index in [9.17, 15) is 9.59 Å². The van der Waals surface area contributed by atoms with Crippen LogP contribution in [0.3, 0.4) is 0 Å². The largest absolute Gasteiger partial charge is 0.347 e. The fourth-order valence-electron chi connectivity index (χ4n) is 3.36. The second-order valence-electron chi connectivity index (χ2n) is 8.00. The highest BCUT2D eigenvalue weighted by Gasteiger charge is 2.27. The Morgan fingerprint density at radius 3 is 2.59 bits per heavy atom. The van der Waals surface area contributed by atoms with E-state index in [-0.39, 0.29) is 18.0 Å². The Bertz CT molecular complexity index is 885. The zero-order valence-electron chi connectivity index (χ0n) is 17.7. The SMILES string of the molecule is CC1Cc2c(c(C(=O)NCc3ccc(NC(=O)N(C)C)cc3)nn2C(C)C)CN1. The number of nitrogens with zero attached hydrogens (tertiary/aromatic N) is 3. The van der Waals surface area contributed by atoms with Crippen molar-refractivity contribution >= 4 is 17.6 Å². The quantitative estimate of drug-likeness (QED) is 0.722. The number of aromatic nitrogens is 2. The van der Waals surface area contributed by atoms with Crippen LogP contribution in [0.15, 0.2) is 24.3 Å². The fourth-order valence-corrected chi connectivity index (χ4v) is 3.36. The zero-order chi connectivity index (χ0) is 21.1. The molecule has 0 spiro atoms. The summed E-state index contributed by atoms with van der Waals surface area (Å²) in [7, 11) is 3.38. The number of fused-ring (bicyclic) bond motifs is 1. The number of urea groups is 1. The van der Waals surface area contributed by atoms with Crippen LogP contribution in [-0.2, 0) is 19.5 Å². The Morgan fingerprint density at radius 2 is 1.97 bits per heavy atom. The molecule has 1 aromatic heterocycles. The van der Waals surface area contributed by atoms with Crippen molar-refractivity contribution in [2.75, 3.05) is 19.4 Å². The summed E-state index contributed by atoms with van der Waals surface area (Å²) in [4.78, 5) is 26.0. The van der Waals surface area contributed by atoms with E-state index >= 15 is 0 Å². The van der Waals surface area contributed by atoms with Gasteiger partial charge in [0.05, 0.1) is 0 Å². The summed E-state index contributed by atoms with van der Waals surface area (Å²) in [6.07, 6.45) is 0.869. The summed E-state index contributed by atoms with van der Waals surface area (Å²) in [5.74, 6) is -0.165. The van der Waals surface area contributed by atoms with E-state index in [1.54, 1.807) is 14.1 Å². The maximum Gasteiger partial charge on any atom is 0.321 e. The second-order valence-corrected chi connectivity index (χ2v) is 8.00. The number of hydrogen-bond acceptors (Lipinski definition) is 4. The number of nitrogens with one attached hydrogen (secondary N) is 3. The number of carbonyl (C=O) groups is 2. The maximum atomic E-state index is 12.8. The van der Waals surface area contributed by atoms with Crippen molar-refractivity contribution < 1.29 is 9.59 Å². The van der Waals surface area contributed by atoms with Crippen molar-refractivity contribution in [3.8, 4) is 0 Å². The van der Waals surface area contributed by atoms with E-state index < -0.39 is 0 Å². The van der Waals surface area contributed by atoms with Crippen molar-refractivity contribution in [1.82, 2.24) is 25.3 Å².